The normalized spacial score (nSPS) is 15.2. The Morgan fingerprint density at radius 3 is 2.75 bits per heavy atom. The van der Waals surface area contributed by atoms with E-state index in [1.165, 1.54) is 5.56 Å². The lowest BCUT2D eigenvalue weighted by atomic mass is 10.1. The van der Waals surface area contributed by atoms with Crippen molar-refractivity contribution in [1.82, 2.24) is 15.6 Å². The molecule has 0 radical (unpaired) electrons. The molecule has 1 aliphatic heterocycles. The molecule has 0 bridgehead atoms. The van der Waals surface area contributed by atoms with Crippen molar-refractivity contribution < 1.29 is 4.79 Å². The Kier molecular flexibility index (Phi) is 6.07. The molecule has 1 saturated heterocycles. The fraction of sp³-hybridized carbons (Fsp3) is 0.444. The van der Waals surface area contributed by atoms with E-state index in [-0.39, 0.29) is 12.1 Å². The van der Waals surface area contributed by atoms with Crippen LogP contribution in [0.1, 0.15) is 24.8 Å². The standard InChI is InChI=1S/C18H24N4OS/c23-17(19-10-4-7-15-5-2-1-3-6-15)21-16-8-12-22(13-9-16)18-20-11-14-24-18/h1-3,5-6,11,14,16H,4,7-10,12-13H2,(H2,19,21,23). The topological polar surface area (TPSA) is 57.3 Å². The molecule has 0 aliphatic carbocycles. The third-order valence-corrected chi connectivity index (χ3v) is 5.12. The molecule has 2 amide bonds. The maximum Gasteiger partial charge on any atom is 0.315 e. The zero-order valence-corrected chi connectivity index (χ0v) is 14.6. The van der Waals surface area contributed by atoms with Gasteiger partial charge >= 0.3 is 6.03 Å². The fourth-order valence-electron chi connectivity index (χ4n) is 2.96. The van der Waals surface area contributed by atoms with E-state index < -0.39 is 0 Å². The van der Waals surface area contributed by atoms with E-state index in [0.717, 1.165) is 43.9 Å². The van der Waals surface area contributed by atoms with Gasteiger partial charge in [-0.3, -0.25) is 0 Å². The van der Waals surface area contributed by atoms with Crippen LogP contribution in [0.2, 0.25) is 0 Å². The van der Waals surface area contributed by atoms with Crippen molar-refractivity contribution in [2.24, 2.45) is 0 Å². The molecule has 2 N–H and O–H groups in total. The zero-order chi connectivity index (χ0) is 16.6. The number of rotatable bonds is 6. The number of carbonyl (C=O) groups excluding carboxylic acids is 1. The summed E-state index contributed by atoms with van der Waals surface area (Å²) in [4.78, 5) is 18.6. The number of hydrogen-bond acceptors (Lipinski definition) is 4. The summed E-state index contributed by atoms with van der Waals surface area (Å²) in [7, 11) is 0. The van der Waals surface area contributed by atoms with Gasteiger partial charge in [0.2, 0.25) is 0 Å². The van der Waals surface area contributed by atoms with E-state index in [4.69, 9.17) is 0 Å². The van der Waals surface area contributed by atoms with Gasteiger partial charge in [0.25, 0.3) is 0 Å². The van der Waals surface area contributed by atoms with E-state index in [9.17, 15) is 4.79 Å². The largest absolute Gasteiger partial charge is 0.348 e. The van der Waals surface area contributed by atoms with Gasteiger partial charge in [0, 0.05) is 37.3 Å². The number of piperidine rings is 1. The van der Waals surface area contributed by atoms with E-state index in [2.05, 4.69) is 32.7 Å². The SMILES string of the molecule is O=C(NCCCc1ccccc1)NC1CCN(c2nccs2)CC1. The van der Waals surface area contributed by atoms with Gasteiger partial charge in [0.05, 0.1) is 0 Å². The number of aromatic nitrogens is 1. The molecule has 0 saturated carbocycles. The average molecular weight is 344 g/mol. The number of anilines is 1. The van der Waals surface area contributed by atoms with Gasteiger partial charge in [0.1, 0.15) is 0 Å². The van der Waals surface area contributed by atoms with Crippen molar-refractivity contribution in [3.05, 3.63) is 47.5 Å². The molecule has 1 fully saturated rings. The van der Waals surface area contributed by atoms with E-state index in [1.807, 2.05) is 29.8 Å². The molecule has 1 aliphatic rings. The quantitative estimate of drug-likeness (QED) is 0.792. The Morgan fingerprint density at radius 2 is 2.04 bits per heavy atom. The predicted molar refractivity (Wildman–Crippen MR) is 98.6 cm³/mol. The van der Waals surface area contributed by atoms with Gasteiger partial charge in [-0.25, -0.2) is 9.78 Å². The molecule has 6 heteroatoms. The number of nitrogens with zero attached hydrogens (tertiary/aromatic N) is 2. The monoisotopic (exact) mass is 344 g/mol. The van der Waals surface area contributed by atoms with Crippen molar-refractivity contribution in [3.8, 4) is 0 Å². The molecule has 5 nitrogen and oxygen atoms in total. The number of hydrogen-bond donors (Lipinski definition) is 2. The highest BCUT2D eigenvalue weighted by Gasteiger charge is 2.21. The molecule has 24 heavy (non-hydrogen) atoms. The lowest BCUT2D eigenvalue weighted by Crippen LogP contribution is -2.48. The van der Waals surface area contributed by atoms with Crippen LogP contribution < -0.4 is 15.5 Å². The van der Waals surface area contributed by atoms with Crippen LogP contribution in [0.3, 0.4) is 0 Å². The van der Waals surface area contributed by atoms with Crippen LogP contribution in [-0.2, 0) is 6.42 Å². The number of benzene rings is 1. The van der Waals surface area contributed by atoms with Gasteiger partial charge in [-0.2, -0.15) is 0 Å². The first-order chi connectivity index (χ1) is 11.8. The van der Waals surface area contributed by atoms with E-state index >= 15 is 0 Å². The molecular formula is C18H24N4OS. The third-order valence-electron chi connectivity index (χ3n) is 4.29. The minimum atomic E-state index is -0.0456. The third kappa shape index (κ3) is 4.96. The molecule has 2 aromatic rings. The number of nitrogens with one attached hydrogen (secondary N) is 2. The molecule has 2 heterocycles. The predicted octanol–water partition coefficient (Wildman–Crippen LogP) is 3.04. The first kappa shape index (κ1) is 16.8. The molecular weight excluding hydrogens is 320 g/mol. The zero-order valence-electron chi connectivity index (χ0n) is 13.8. The first-order valence-electron chi connectivity index (χ1n) is 8.54. The van der Waals surface area contributed by atoms with Crippen molar-refractivity contribution in [1.29, 1.82) is 0 Å². The molecule has 0 unspecified atom stereocenters. The van der Waals surface area contributed by atoms with Crippen molar-refractivity contribution in [2.75, 3.05) is 24.5 Å². The second kappa shape index (κ2) is 8.68. The summed E-state index contributed by atoms with van der Waals surface area (Å²) in [6, 6.07) is 10.6. The fourth-order valence-corrected chi connectivity index (χ4v) is 3.66. The maximum absolute atomic E-state index is 12.0. The molecule has 0 spiro atoms. The first-order valence-corrected chi connectivity index (χ1v) is 9.42. The molecule has 1 aromatic carbocycles. The number of aryl methyl sites for hydroxylation is 1. The van der Waals surface area contributed by atoms with Crippen LogP contribution in [0.5, 0.6) is 0 Å². The number of urea groups is 1. The van der Waals surface area contributed by atoms with Crippen molar-refractivity contribution >= 4 is 22.5 Å². The number of amides is 2. The summed E-state index contributed by atoms with van der Waals surface area (Å²) >= 11 is 1.67. The minimum absolute atomic E-state index is 0.0456. The van der Waals surface area contributed by atoms with E-state index in [1.54, 1.807) is 11.3 Å². The second-order valence-corrected chi connectivity index (χ2v) is 6.94. The van der Waals surface area contributed by atoms with Gasteiger partial charge in [0.15, 0.2) is 5.13 Å². The van der Waals surface area contributed by atoms with Crippen LogP contribution in [0.15, 0.2) is 41.9 Å². The summed E-state index contributed by atoms with van der Waals surface area (Å²) in [5.74, 6) is 0. The highest BCUT2D eigenvalue weighted by Crippen LogP contribution is 2.21. The Balaban J connectivity index is 1.30. The van der Waals surface area contributed by atoms with Gasteiger partial charge in [-0.05, 0) is 31.2 Å². The summed E-state index contributed by atoms with van der Waals surface area (Å²) < 4.78 is 0. The lowest BCUT2D eigenvalue weighted by molar-refractivity contribution is 0.234. The van der Waals surface area contributed by atoms with Crippen LogP contribution in [0, 0.1) is 0 Å². The molecule has 3 rings (SSSR count). The summed E-state index contributed by atoms with van der Waals surface area (Å²) in [5, 5.41) is 9.14. The van der Waals surface area contributed by atoms with Crippen LogP contribution in [-0.4, -0.2) is 36.7 Å². The summed E-state index contributed by atoms with van der Waals surface area (Å²) in [6.07, 6.45) is 5.73. The van der Waals surface area contributed by atoms with Crippen molar-refractivity contribution in [3.63, 3.8) is 0 Å². The Morgan fingerprint density at radius 1 is 1.25 bits per heavy atom. The van der Waals surface area contributed by atoms with Crippen LogP contribution in [0.25, 0.3) is 0 Å². The lowest BCUT2D eigenvalue weighted by Gasteiger charge is -2.32. The Hall–Kier alpha value is -2.08. The second-order valence-electron chi connectivity index (χ2n) is 6.07. The molecule has 0 atom stereocenters. The number of thiazole rings is 1. The highest BCUT2D eigenvalue weighted by atomic mass is 32.1. The summed E-state index contributed by atoms with van der Waals surface area (Å²) in [6.45, 7) is 2.61. The van der Waals surface area contributed by atoms with Gasteiger partial charge < -0.3 is 15.5 Å². The van der Waals surface area contributed by atoms with E-state index in [0.29, 0.717) is 6.54 Å². The smallest absolute Gasteiger partial charge is 0.315 e. The van der Waals surface area contributed by atoms with Gasteiger partial charge in [-0.1, -0.05) is 30.3 Å². The molecule has 1 aromatic heterocycles. The minimum Gasteiger partial charge on any atom is -0.348 e. The summed E-state index contributed by atoms with van der Waals surface area (Å²) in [5.41, 5.74) is 1.31. The van der Waals surface area contributed by atoms with Crippen LogP contribution >= 0.6 is 11.3 Å². The Bertz CT molecular complexity index is 609. The Labute approximate surface area is 147 Å². The van der Waals surface area contributed by atoms with Gasteiger partial charge in [-0.15, -0.1) is 11.3 Å². The average Bonchev–Trinajstić information content (AvgIpc) is 3.15. The number of carbonyl (C=O) groups is 1. The molecule has 128 valence electrons. The van der Waals surface area contributed by atoms with Crippen molar-refractivity contribution in [2.45, 2.75) is 31.7 Å². The van der Waals surface area contributed by atoms with Crippen LogP contribution in [0.4, 0.5) is 9.93 Å². The highest BCUT2D eigenvalue weighted by molar-refractivity contribution is 7.13. The maximum atomic E-state index is 12.0.